The first-order chi connectivity index (χ1) is 11.4. The van der Waals surface area contributed by atoms with E-state index in [4.69, 9.17) is 0 Å². The first kappa shape index (κ1) is 18.5. The molecule has 2 rings (SSSR count). The molecule has 0 spiro atoms. The summed E-state index contributed by atoms with van der Waals surface area (Å²) in [5, 5.41) is 2.93. The van der Waals surface area contributed by atoms with Crippen LogP contribution < -0.4 is 5.32 Å². The van der Waals surface area contributed by atoms with E-state index in [1.807, 2.05) is 30.1 Å². The zero-order chi connectivity index (χ0) is 17.6. The van der Waals surface area contributed by atoms with E-state index in [2.05, 4.69) is 22.3 Å². The number of amides is 2. The molecule has 5 nitrogen and oxygen atoms in total. The number of carbonyl (C=O) groups is 2. The molecule has 0 unspecified atom stereocenters. The van der Waals surface area contributed by atoms with Crippen molar-refractivity contribution in [1.82, 2.24) is 15.1 Å². The van der Waals surface area contributed by atoms with Gasteiger partial charge in [0.15, 0.2) is 0 Å². The fraction of sp³-hybridized carbons (Fsp3) is 0.579. The standard InChI is InChI=1S/C19H29N3O2/c1-19(2,18(24)22-14-12-21(3)13-15-22)17(23)20-11-7-10-16-8-5-4-6-9-16/h4-6,8-9H,7,10-15H2,1-3H3,(H,20,23). The highest BCUT2D eigenvalue weighted by atomic mass is 16.2. The van der Waals surface area contributed by atoms with E-state index >= 15 is 0 Å². The largest absolute Gasteiger partial charge is 0.355 e. The molecule has 2 amide bonds. The van der Waals surface area contributed by atoms with E-state index < -0.39 is 5.41 Å². The molecule has 0 aromatic heterocycles. The molecule has 24 heavy (non-hydrogen) atoms. The quantitative estimate of drug-likeness (QED) is 0.635. The van der Waals surface area contributed by atoms with Crippen LogP contribution in [0.4, 0.5) is 0 Å². The average molecular weight is 331 g/mol. The summed E-state index contributed by atoms with van der Waals surface area (Å²) in [7, 11) is 2.05. The number of piperazine rings is 1. The van der Waals surface area contributed by atoms with E-state index in [-0.39, 0.29) is 11.8 Å². The molecule has 0 saturated carbocycles. The van der Waals surface area contributed by atoms with Crippen molar-refractivity contribution in [2.45, 2.75) is 26.7 Å². The molecule has 5 heteroatoms. The van der Waals surface area contributed by atoms with E-state index in [0.717, 1.165) is 25.9 Å². The SMILES string of the molecule is CN1CCN(C(=O)C(C)(C)C(=O)NCCCc2ccccc2)CC1. The van der Waals surface area contributed by atoms with Crippen molar-refractivity contribution in [2.24, 2.45) is 5.41 Å². The first-order valence-electron chi connectivity index (χ1n) is 8.71. The second-order valence-corrected chi connectivity index (χ2v) is 7.07. The molecule has 1 saturated heterocycles. The summed E-state index contributed by atoms with van der Waals surface area (Å²) in [6.45, 7) is 7.15. The highest BCUT2D eigenvalue weighted by Crippen LogP contribution is 2.20. The second kappa shape index (κ2) is 8.29. The fourth-order valence-electron chi connectivity index (χ4n) is 2.86. The summed E-state index contributed by atoms with van der Waals surface area (Å²) >= 11 is 0. The number of aryl methyl sites for hydroxylation is 1. The predicted molar refractivity (Wildman–Crippen MR) is 95.6 cm³/mol. The minimum atomic E-state index is -1.01. The number of nitrogens with zero attached hydrogens (tertiary/aromatic N) is 2. The van der Waals surface area contributed by atoms with Crippen molar-refractivity contribution < 1.29 is 9.59 Å². The van der Waals surface area contributed by atoms with Crippen LogP contribution in [-0.4, -0.2) is 61.4 Å². The molecule has 1 aromatic carbocycles. The molecular formula is C19H29N3O2. The second-order valence-electron chi connectivity index (χ2n) is 7.07. The average Bonchev–Trinajstić information content (AvgIpc) is 2.59. The maximum Gasteiger partial charge on any atom is 0.237 e. The van der Waals surface area contributed by atoms with Crippen LogP contribution in [0.5, 0.6) is 0 Å². The van der Waals surface area contributed by atoms with Gasteiger partial charge in [0.25, 0.3) is 0 Å². The number of rotatable bonds is 6. The summed E-state index contributed by atoms with van der Waals surface area (Å²) in [5.41, 5.74) is 0.252. The van der Waals surface area contributed by atoms with Crippen LogP contribution in [0.1, 0.15) is 25.8 Å². The number of hydrogen-bond acceptors (Lipinski definition) is 3. The van der Waals surface area contributed by atoms with Gasteiger partial charge >= 0.3 is 0 Å². The number of carbonyl (C=O) groups excluding carboxylic acids is 2. The van der Waals surface area contributed by atoms with Crippen molar-refractivity contribution in [3.63, 3.8) is 0 Å². The van der Waals surface area contributed by atoms with Crippen molar-refractivity contribution in [2.75, 3.05) is 39.8 Å². The van der Waals surface area contributed by atoms with Crippen molar-refractivity contribution >= 4 is 11.8 Å². The lowest BCUT2D eigenvalue weighted by Crippen LogP contribution is -2.54. The Labute approximate surface area is 145 Å². The molecule has 1 aliphatic rings. The van der Waals surface area contributed by atoms with Crippen LogP contribution in [0.2, 0.25) is 0 Å². The maximum absolute atomic E-state index is 12.7. The minimum absolute atomic E-state index is 0.0730. The number of hydrogen-bond donors (Lipinski definition) is 1. The highest BCUT2D eigenvalue weighted by Gasteiger charge is 2.39. The zero-order valence-corrected chi connectivity index (χ0v) is 15.0. The van der Waals surface area contributed by atoms with Crippen molar-refractivity contribution in [3.8, 4) is 0 Å². The van der Waals surface area contributed by atoms with E-state index in [0.29, 0.717) is 19.6 Å². The van der Waals surface area contributed by atoms with Gasteiger partial charge < -0.3 is 15.1 Å². The molecular weight excluding hydrogens is 302 g/mol. The van der Waals surface area contributed by atoms with Crippen LogP contribution >= 0.6 is 0 Å². The molecule has 1 aromatic rings. The Bertz CT molecular complexity index is 549. The van der Waals surface area contributed by atoms with Gasteiger partial charge in [0, 0.05) is 32.7 Å². The topological polar surface area (TPSA) is 52.7 Å². The third-order valence-electron chi connectivity index (χ3n) is 4.66. The monoisotopic (exact) mass is 331 g/mol. The van der Waals surface area contributed by atoms with Crippen LogP contribution in [0.25, 0.3) is 0 Å². The van der Waals surface area contributed by atoms with Gasteiger partial charge in [0.1, 0.15) is 5.41 Å². The Morgan fingerprint density at radius 2 is 1.71 bits per heavy atom. The highest BCUT2D eigenvalue weighted by molar-refractivity contribution is 6.04. The van der Waals surface area contributed by atoms with Gasteiger partial charge in [-0.05, 0) is 39.3 Å². The van der Waals surface area contributed by atoms with Gasteiger partial charge in [-0.15, -0.1) is 0 Å². The summed E-state index contributed by atoms with van der Waals surface area (Å²) in [6, 6.07) is 10.2. The summed E-state index contributed by atoms with van der Waals surface area (Å²) in [6.07, 6.45) is 1.79. The van der Waals surface area contributed by atoms with E-state index in [1.54, 1.807) is 13.8 Å². The summed E-state index contributed by atoms with van der Waals surface area (Å²) < 4.78 is 0. The third kappa shape index (κ3) is 4.81. The van der Waals surface area contributed by atoms with E-state index in [9.17, 15) is 9.59 Å². The minimum Gasteiger partial charge on any atom is -0.355 e. The fourth-order valence-corrected chi connectivity index (χ4v) is 2.86. The molecule has 1 aliphatic heterocycles. The zero-order valence-electron chi connectivity index (χ0n) is 15.0. The van der Waals surface area contributed by atoms with Crippen LogP contribution in [0.3, 0.4) is 0 Å². The van der Waals surface area contributed by atoms with Gasteiger partial charge in [-0.1, -0.05) is 30.3 Å². The number of nitrogens with one attached hydrogen (secondary N) is 1. The van der Waals surface area contributed by atoms with Gasteiger partial charge in [0.05, 0.1) is 0 Å². The molecule has 1 N–H and O–H groups in total. The van der Waals surface area contributed by atoms with E-state index in [1.165, 1.54) is 5.56 Å². The van der Waals surface area contributed by atoms with Crippen LogP contribution in [-0.2, 0) is 16.0 Å². The smallest absolute Gasteiger partial charge is 0.237 e. The molecule has 1 heterocycles. The first-order valence-corrected chi connectivity index (χ1v) is 8.71. The Morgan fingerprint density at radius 3 is 2.33 bits per heavy atom. The lowest BCUT2D eigenvalue weighted by atomic mass is 9.90. The Hall–Kier alpha value is -1.88. The number of likely N-dealkylation sites (N-methyl/N-ethyl adjacent to an activating group) is 1. The molecule has 0 aliphatic carbocycles. The molecule has 0 bridgehead atoms. The van der Waals surface area contributed by atoms with Crippen LogP contribution in [0, 0.1) is 5.41 Å². The van der Waals surface area contributed by atoms with Gasteiger partial charge in [-0.25, -0.2) is 0 Å². The maximum atomic E-state index is 12.7. The summed E-state index contributed by atoms with van der Waals surface area (Å²) in [5.74, 6) is -0.254. The molecule has 0 radical (unpaired) electrons. The Kier molecular flexibility index (Phi) is 6.37. The lowest BCUT2D eigenvalue weighted by molar-refractivity contribution is -0.149. The molecule has 1 fully saturated rings. The van der Waals surface area contributed by atoms with Crippen molar-refractivity contribution in [3.05, 3.63) is 35.9 Å². The lowest BCUT2D eigenvalue weighted by Gasteiger charge is -2.36. The Balaban J connectivity index is 1.78. The normalized spacial score (nSPS) is 16.0. The van der Waals surface area contributed by atoms with Crippen molar-refractivity contribution in [1.29, 1.82) is 0 Å². The van der Waals surface area contributed by atoms with Gasteiger partial charge in [0.2, 0.25) is 11.8 Å². The van der Waals surface area contributed by atoms with Gasteiger partial charge in [-0.2, -0.15) is 0 Å². The number of benzene rings is 1. The molecule has 0 atom stereocenters. The predicted octanol–water partition coefficient (Wildman–Crippen LogP) is 1.54. The summed E-state index contributed by atoms with van der Waals surface area (Å²) in [4.78, 5) is 29.1. The Morgan fingerprint density at radius 1 is 1.08 bits per heavy atom. The molecule has 132 valence electrons. The van der Waals surface area contributed by atoms with Crippen LogP contribution in [0.15, 0.2) is 30.3 Å². The third-order valence-corrected chi connectivity index (χ3v) is 4.66. The van der Waals surface area contributed by atoms with Gasteiger partial charge in [-0.3, -0.25) is 9.59 Å².